The molecule has 32 heavy (non-hydrogen) atoms. The molecule has 1 fully saturated rings. The minimum absolute atomic E-state index is 0.0199. The molecule has 0 radical (unpaired) electrons. The lowest BCUT2D eigenvalue weighted by molar-refractivity contribution is -0.121. The highest BCUT2D eigenvalue weighted by molar-refractivity contribution is 5.94. The third-order valence-corrected chi connectivity index (χ3v) is 5.57. The minimum atomic E-state index is -0.0705. The van der Waals surface area contributed by atoms with Gasteiger partial charge in [-0.05, 0) is 70.4 Å². The van der Waals surface area contributed by atoms with Crippen LogP contribution in [0.4, 0.5) is 0 Å². The summed E-state index contributed by atoms with van der Waals surface area (Å²) >= 11 is 0. The average molecular weight is 438 g/mol. The van der Waals surface area contributed by atoms with E-state index in [1.54, 1.807) is 0 Å². The van der Waals surface area contributed by atoms with Crippen molar-refractivity contribution in [3.8, 4) is 5.75 Å². The van der Waals surface area contributed by atoms with Gasteiger partial charge in [0, 0.05) is 29.2 Å². The van der Waals surface area contributed by atoms with E-state index in [2.05, 4.69) is 43.6 Å². The standard InChI is InChI=1S/C26H35N3O3/c1-25(2)16-21(17-26(3,4)29-25)28-24(31)20-12-10-19(11-13-20)18-27-23(30)14-15-32-22-8-6-5-7-9-22/h5-13,21,29H,14-18H2,1-4H3,(H,27,30)(H,28,31). The van der Waals surface area contributed by atoms with Gasteiger partial charge in [-0.3, -0.25) is 9.59 Å². The lowest BCUT2D eigenvalue weighted by atomic mass is 9.79. The molecule has 6 heteroatoms. The van der Waals surface area contributed by atoms with Gasteiger partial charge < -0.3 is 20.7 Å². The molecule has 0 bridgehead atoms. The molecule has 0 unspecified atom stereocenters. The summed E-state index contributed by atoms with van der Waals surface area (Å²) in [5, 5.41) is 9.71. The molecule has 0 aromatic heterocycles. The first-order valence-electron chi connectivity index (χ1n) is 11.3. The molecular formula is C26H35N3O3. The topological polar surface area (TPSA) is 79.5 Å². The zero-order valence-electron chi connectivity index (χ0n) is 19.5. The Morgan fingerprint density at radius 2 is 1.59 bits per heavy atom. The molecule has 2 aromatic carbocycles. The van der Waals surface area contributed by atoms with Crippen molar-refractivity contribution < 1.29 is 14.3 Å². The smallest absolute Gasteiger partial charge is 0.251 e. The van der Waals surface area contributed by atoms with Gasteiger partial charge in [-0.1, -0.05) is 30.3 Å². The number of hydrogen-bond donors (Lipinski definition) is 3. The Bertz CT molecular complexity index is 892. The van der Waals surface area contributed by atoms with Crippen LogP contribution >= 0.6 is 0 Å². The number of amides is 2. The SMILES string of the molecule is CC1(C)CC(NC(=O)c2ccc(CNC(=O)CCOc3ccccc3)cc2)CC(C)(C)N1. The van der Waals surface area contributed by atoms with Gasteiger partial charge in [0.25, 0.3) is 5.91 Å². The van der Waals surface area contributed by atoms with Crippen LogP contribution in [0.5, 0.6) is 5.75 Å². The number of nitrogens with one attached hydrogen (secondary N) is 3. The van der Waals surface area contributed by atoms with Gasteiger partial charge >= 0.3 is 0 Å². The summed E-state index contributed by atoms with van der Waals surface area (Å²) < 4.78 is 5.55. The fourth-order valence-corrected chi connectivity index (χ4v) is 4.53. The second-order valence-corrected chi connectivity index (χ2v) is 9.86. The molecule has 0 spiro atoms. The molecule has 2 amide bonds. The van der Waals surface area contributed by atoms with Crippen molar-refractivity contribution in [2.45, 2.75) is 70.6 Å². The first-order valence-corrected chi connectivity index (χ1v) is 11.3. The lowest BCUT2D eigenvalue weighted by Gasteiger charge is -2.46. The second kappa shape index (κ2) is 10.2. The Hall–Kier alpha value is -2.86. The summed E-state index contributed by atoms with van der Waals surface area (Å²) in [6.07, 6.45) is 2.07. The Morgan fingerprint density at radius 3 is 2.22 bits per heavy atom. The highest BCUT2D eigenvalue weighted by atomic mass is 16.5. The molecule has 1 aliphatic heterocycles. The highest BCUT2D eigenvalue weighted by Gasteiger charge is 2.38. The van der Waals surface area contributed by atoms with E-state index in [4.69, 9.17) is 4.74 Å². The summed E-state index contributed by atoms with van der Waals surface area (Å²) in [4.78, 5) is 24.8. The van der Waals surface area contributed by atoms with Crippen molar-refractivity contribution in [3.05, 3.63) is 65.7 Å². The van der Waals surface area contributed by atoms with Crippen LogP contribution in [0.1, 0.15) is 62.9 Å². The van der Waals surface area contributed by atoms with Crippen LogP contribution in [0.3, 0.4) is 0 Å². The van der Waals surface area contributed by atoms with Crippen LogP contribution in [0.25, 0.3) is 0 Å². The number of hydrogen-bond acceptors (Lipinski definition) is 4. The van der Waals surface area contributed by atoms with E-state index in [0.717, 1.165) is 24.2 Å². The number of carbonyl (C=O) groups excluding carboxylic acids is 2. The summed E-state index contributed by atoms with van der Waals surface area (Å²) in [6, 6.07) is 17.0. The number of piperidine rings is 1. The van der Waals surface area contributed by atoms with Crippen LogP contribution in [0.2, 0.25) is 0 Å². The number of carbonyl (C=O) groups is 2. The maximum atomic E-state index is 12.7. The summed E-state index contributed by atoms with van der Waals surface area (Å²) in [5.74, 6) is 0.627. The van der Waals surface area contributed by atoms with Crippen molar-refractivity contribution in [2.24, 2.45) is 0 Å². The first kappa shape index (κ1) is 23.8. The van der Waals surface area contributed by atoms with Gasteiger partial charge in [0.1, 0.15) is 5.75 Å². The van der Waals surface area contributed by atoms with E-state index in [0.29, 0.717) is 25.1 Å². The summed E-state index contributed by atoms with van der Waals surface area (Å²) in [6.45, 7) is 9.43. The largest absolute Gasteiger partial charge is 0.493 e. The Labute approximate surface area is 191 Å². The van der Waals surface area contributed by atoms with Crippen LogP contribution in [0.15, 0.2) is 54.6 Å². The van der Waals surface area contributed by atoms with Crippen molar-refractivity contribution in [3.63, 3.8) is 0 Å². The predicted molar refractivity (Wildman–Crippen MR) is 127 cm³/mol. The van der Waals surface area contributed by atoms with E-state index >= 15 is 0 Å². The van der Waals surface area contributed by atoms with Gasteiger partial charge in [-0.2, -0.15) is 0 Å². The van der Waals surface area contributed by atoms with Gasteiger partial charge in [0.05, 0.1) is 13.0 Å². The van der Waals surface area contributed by atoms with Gasteiger partial charge in [-0.25, -0.2) is 0 Å². The number of para-hydroxylation sites is 1. The molecule has 1 aliphatic rings. The third-order valence-electron chi connectivity index (χ3n) is 5.57. The van der Waals surface area contributed by atoms with Gasteiger partial charge in [0.2, 0.25) is 5.91 Å². The lowest BCUT2D eigenvalue weighted by Crippen LogP contribution is -2.62. The van der Waals surface area contributed by atoms with Crippen molar-refractivity contribution in [1.82, 2.24) is 16.0 Å². The molecule has 2 aromatic rings. The average Bonchev–Trinajstić information content (AvgIpc) is 2.71. The van der Waals surface area contributed by atoms with Crippen LogP contribution in [-0.4, -0.2) is 35.5 Å². The molecule has 0 aliphatic carbocycles. The van der Waals surface area contributed by atoms with E-state index in [1.807, 2.05) is 54.6 Å². The van der Waals surface area contributed by atoms with E-state index in [9.17, 15) is 9.59 Å². The Kier molecular flexibility index (Phi) is 7.56. The Balaban J connectivity index is 1.43. The van der Waals surface area contributed by atoms with Crippen molar-refractivity contribution in [2.75, 3.05) is 6.61 Å². The van der Waals surface area contributed by atoms with Crippen molar-refractivity contribution >= 4 is 11.8 Å². The molecule has 1 heterocycles. The fourth-order valence-electron chi connectivity index (χ4n) is 4.53. The normalized spacial score (nSPS) is 17.4. The molecule has 0 saturated carbocycles. The quantitative estimate of drug-likeness (QED) is 0.587. The maximum Gasteiger partial charge on any atom is 0.251 e. The third kappa shape index (κ3) is 7.38. The molecular weight excluding hydrogens is 402 g/mol. The van der Waals surface area contributed by atoms with Crippen molar-refractivity contribution in [1.29, 1.82) is 0 Å². The fraction of sp³-hybridized carbons (Fsp3) is 0.462. The zero-order chi connectivity index (χ0) is 23.2. The van der Waals surface area contributed by atoms with Gasteiger partial charge in [0.15, 0.2) is 0 Å². The van der Waals surface area contributed by atoms with E-state index in [-0.39, 0.29) is 28.9 Å². The second-order valence-electron chi connectivity index (χ2n) is 9.86. The predicted octanol–water partition coefficient (Wildman–Crippen LogP) is 3.81. The van der Waals surface area contributed by atoms with Crippen LogP contribution < -0.4 is 20.7 Å². The van der Waals surface area contributed by atoms with Crippen LogP contribution in [-0.2, 0) is 11.3 Å². The Morgan fingerprint density at radius 1 is 0.969 bits per heavy atom. The van der Waals surface area contributed by atoms with Crippen LogP contribution in [0, 0.1) is 0 Å². The maximum absolute atomic E-state index is 12.7. The zero-order valence-corrected chi connectivity index (χ0v) is 19.5. The molecule has 1 saturated heterocycles. The molecule has 172 valence electrons. The number of benzene rings is 2. The molecule has 0 atom stereocenters. The van der Waals surface area contributed by atoms with E-state index in [1.165, 1.54) is 0 Å². The summed E-state index contributed by atoms with van der Waals surface area (Å²) in [5.41, 5.74) is 1.54. The minimum Gasteiger partial charge on any atom is -0.493 e. The molecule has 3 rings (SSSR count). The number of rotatable bonds is 8. The summed E-state index contributed by atoms with van der Waals surface area (Å²) in [7, 11) is 0. The first-order chi connectivity index (χ1) is 15.1. The van der Waals surface area contributed by atoms with Gasteiger partial charge in [-0.15, -0.1) is 0 Å². The van der Waals surface area contributed by atoms with E-state index < -0.39 is 0 Å². The number of ether oxygens (including phenoxy) is 1. The monoisotopic (exact) mass is 437 g/mol. The molecule has 6 nitrogen and oxygen atoms in total. The molecule has 3 N–H and O–H groups in total. The highest BCUT2D eigenvalue weighted by Crippen LogP contribution is 2.28.